The SMILES string of the molecule is CCn1nc(C)c(Br)c1CC(N)C1CCc2ccccc21. The molecule has 3 nitrogen and oxygen atoms in total. The lowest BCUT2D eigenvalue weighted by Crippen LogP contribution is -2.30. The normalized spacial score (nSPS) is 18.8. The van der Waals surface area contributed by atoms with E-state index in [-0.39, 0.29) is 6.04 Å². The zero-order chi connectivity index (χ0) is 15.0. The summed E-state index contributed by atoms with van der Waals surface area (Å²) in [6.07, 6.45) is 3.19. The topological polar surface area (TPSA) is 43.8 Å². The molecule has 3 rings (SSSR count). The summed E-state index contributed by atoms with van der Waals surface area (Å²) >= 11 is 3.67. The van der Waals surface area contributed by atoms with Crippen molar-refractivity contribution in [2.24, 2.45) is 5.73 Å². The molecule has 2 N–H and O–H groups in total. The summed E-state index contributed by atoms with van der Waals surface area (Å²) in [6, 6.07) is 8.87. The minimum atomic E-state index is 0.145. The van der Waals surface area contributed by atoms with Crippen molar-refractivity contribution in [2.75, 3.05) is 0 Å². The number of fused-ring (bicyclic) bond motifs is 1. The molecule has 0 aliphatic heterocycles. The van der Waals surface area contributed by atoms with Gasteiger partial charge in [-0.3, -0.25) is 4.68 Å². The zero-order valence-corrected chi connectivity index (χ0v) is 14.2. The molecule has 1 heterocycles. The van der Waals surface area contributed by atoms with E-state index in [0.29, 0.717) is 5.92 Å². The fourth-order valence-electron chi connectivity index (χ4n) is 3.46. The van der Waals surface area contributed by atoms with Crippen molar-refractivity contribution in [1.29, 1.82) is 0 Å². The molecule has 0 saturated carbocycles. The molecule has 2 atom stereocenters. The predicted octanol–water partition coefficient (Wildman–Crippen LogP) is 3.57. The first-order valence-electron chi connectivity index (χ1n) is 7.67. The van der Waals surface area contributed by atoms with Gasteiger partial charge in [0.25, 0.3) is 0 Å². The van der Waals surface area contributed by atoms with Crippen molar-refractivity contribution >= 4 is 15.9 Å². The van der Waals surface area contributed by atoms with E-state index in [1.54, 1.807) is 0 Å². The average Bonchev–Trinajstić information content (AvgIpc) is 3.03. The van der Waals surface area contributed by atoms with E-state index in [1.165, 1.54) is 16.8 Å². The molecule has 21 heavy (non-hydrogen) atoms. The molecular formula is C17H22BrN3. The van der Waals surface area contributed by atoms with Gasteiger partial charge in [0.05, 0.1) is 15.9 Å². The Kier molecular flexibility index (Phi) is 4.18. The largest absolute Gasteiger partial charge is 0.327 e. The summed E-state index contributed by atoms with van der Waals surface area (Å²) in [4.78, 5) is 0. The van der Waals surface area contributed by atoms with Gasteiger partial charge in [-0.15, -0.1) is 0 Å². The Labute approximate surface area is 134 Å². The molecule has 1 aliphatic rings. The van der Waals surface area contributed by atoms with E-state index < -0.39 is 0 Å². The molecule has 2 unspecified atom stereocenters. The second kappa shape index (κ2) is 5.93. The van der Waals surface area contributed by atoms with Crippen molar-refractivity contribution < 1.29 is 0 Å². The van der Waals surface area contributed by atoms with Crippen LogP contribution in [0.5, 0.6) is 0 Å². The van der Waals surface area contributed by atoms with Crippen LogP contribution in [0.1, 0.15) is 41.8 Å². The van der Waals surface area contributed by atoms with Gasteiger partial charge in [-0.1, -0.05) is 24.3 Å². The van der Waals surface area contributed by atoms with Crippen LogP contribution in [0.2, 0.25) is 0 Å². The van der Waals surface area contributed by atoms with E-state index in [9.17, 15) is 0 Å². The van der Waals surface area contributed by atoms with Crippen LogP contribution in [-0.2, 0) is 19.4 Å². The van der Waals surface area contributed by atoms with E-state index in [4.69, 9.17) is 5.73 Å². The van der Waals surface area contributed by atoms with Crippen molar-refractivity contribution in [3.05, 3.63) is 51.3 Å². The van der Waals surface area contributed by atoms with E-state index in [2.05, 4.69) is 56.9 Å². The van der Waals surface area contributed by atoms with Crippen LogP contribution in [0.4, 0.5) is 0 Å². The van der Waals surface area contributed by atoms with Crippen molar-refractivity contribution in [3.63, 3.8) is 0 Å². The minimum Gasteiger partial charge on any atom is -0.327 e. The number of aromatic nitrogens is 2. The Morgan fingerprint density at radius 2 is 2.19 bits per heavy atom. The van der Waals surface area contributed by atoms with E-state index in [1.807, 2.05) is 6.92 Å². The molecule has 112 valence electrons. The quantitative estimate of drug-likeness (QED) is 0.918. The summed E-state index contributed by atoms with van der Waals surface area (Å²) in [5.41, 5.74) is 11.8. The molecule has 2 aromatic rings. The van der Waals surface area contributed by atoms with Gasteiger partial charge >= 0.3 is 0 Å². The maximum absolute atomic E-state index is 6.57. The highest BCUT2D eigenvalue weighted by molar-refractivity contribution is 9.10. The summed E-state index contributed by atoms with van der Waals surface area (Å²) in [5, 5.41) is 4.57. The fraction of sp³-hybridized carbons (Fsp3) is 0.471. The van der Waals surface area contributed by atoms with Crippen LogP contribution in [-0.4, -0.2) is 15.8 Å². The Morgan fingerprint density at radius 1 is 1.43 bits per heavy atom. The molecule has 0 radical (unpaired) electrons. The molecule has 0 fully saturated rings. The smallest absolute Gasteiger partial charge is 0.0738 e. The van der Waals surface area contributed by atoms with Crippen LogP contribution in [0, 0.1) is 6.92 Å². The summed E-state index contributed by atoms with van der Waals surface area (Å²) in [5.74, 6) is 0.466. The maximum atomic E-state index is 6.57. The van der Waals surface area contributed by atoms with Gasteiger partial charge in [0.2, 0.25) is 0 Å². The lowest BCUT2D eigenvalue weighted by molar-refractivity contribution is 0.499. The second-order valence-electron chi connectivity index (χ2n) is 5.87. The molecule has 1 aliphatic carbocycles. The van der Waals surface area contributed by atoms with Crippen LogP contribution in [0.15, 0.2) is 28.7 Å². The fourth-order valence-corrected chi connectivity index (χ4v) is 3.91. The van der Waals surface area contributed by atoms with Gasteiger partial charge in [0.15, 0.2) is 0 Å². The molecule has 0 amide bonds. The maximum Gasteiger partial charge on any atom is 0.0738 e. The predicted molar refractivity (Wildman–Crippen MR) is 89.5 cm³/mol. The van der Waals surface area contributed by atoms with Crippen molar-refractivity contribution in [1.82, 2.24) is 9.78 Å². The summed E-state index contributed by atoms with van der Waals surface area (Å²) < 4.78 is 3.19. The third kappa shape index (κ3) is 2.67. The summed E-state index contributed by atoms with van der Waals surface area (Å²) in [7, 11) is 0. The van der Waals surface area contributed by atoms with Crippen LogP contribution in [0.25, 0.3) is 0 Å². The van der Waals surface area contributed by atoms with Crippen molar-refractivity contribution in [3.8, 4) is 0 Å². The number of benzene rings is 1. The Hall–Kier alpha value is -1.13. The number of rotatable bonds is 4. The van der Waals surface area contributed by atoms with E-state index in [0.717, 1.165) is 36.0 Å². The third-order valence-electron chi connectivity index (χ3n) is 4.58. The molecule has 0 saturated heterocycles. The number of aryl methyl sites for hydroxylation is 3. The lowest BCUT2D eigenvalue weighted by Gasteiger charge is -2.21. The van der Waals surface area contributed by atoms with E-state index >= 15 is 0 Å². The minimum absolute atomic E-state index is 0.145. The Morgan fingerprint density at radius 3 is 2.95 bits per heavy atom. The molecule has 1 aromatic heterocycles. The molecule has 0 bridgehead atoms. The first-order valence-corrected chi connectivity index (χ1v) is 8.46. The molecule has 0 spiro atoms. The van der Waals surface area contributed by atoms with Gasteiger partial charge in [-0.05, 0) is 59.7 Å². The summed E-state index contributed by atoms with van der Waals surface area (Å²) in [6.45, 7) is 5.05. The van der Waals surface area contributed by atoms with Gasteiger partial charge in [0, 0.05) is 19.0 Å². The first-order chi connectivity index (χ1) is 10.1. The first kappa shape index (κ1) is 14.8. The van der Waals surface area contributed by atoms with Gasteiger partial charge in [-0.25, -0.2) is 0 Å². The van der Waals surface area contributed by atoms with Gasteiger partial charge in [0.1, 0.15) is 0 Å². The standard InChI is InChI=1S/C17H22BrN3/c1-3-21-16(17(18)11(2)20-21)10-15(19)14-9-8-12-6-4-5-7-13(12)14/h4-7,14-15H,3,8-10,19H2,1-2H3. The van der Waals surface area contributed by atoms with Gasteiger partial charge < -0.3 is 5.73 Å². The lowest BCUT2D eigenvalue weighted by atomic mass is 9.91. The Balaban J connectivity index is 1.83. The number of hydrogen-bond donors (Lipinski definition) is 1. The second-order valence-corrected chi connectivity index (χ2v) is 6.67. The number of halogens is 1. The highest BCUT2D eigenvalue weighted by atomic mass is 79.9. The monoisotopic (exact) mass is 347 g/mol. The molecule has 1 aromatic carbocycles. The average molecular weight is 348 g/mol. The molecule has 4 heteroatoms. The number of hydrogen-bond acceptors (Lipinski definition) is 2. The number of nitrogens with zero attached hydrogens (tertiary/aromatic N) is 2. The van der Waals surface area contributed by atoms with Crippen LogP contribution < -0.4 is 5.73 Å². The van der Waals surface area contributed by atoms with Crippen LogP contribution >= 0.6 is 15.9 Å². The van der Waals surface area contributed by atoms with Crippen LogP contribution in [0.3, 0.4) is 0 Å². The highest BCUT2D eigenvalue weighted by Crippen LogP contribution is 2.36. The highest BCUT2D eigenvalue weighted by Gasteiger charge is 2.28. The third-order valence-corrected chi connectivity index (χ3v) is 5.61. The zero-order valence-electron chi connectivity index (χ0n) is 12.6. The van der Waals surface area contributed by atoms with Crippen molar-refractivity contribution in [2.45, 2.75) is 51.6 Å². The number of nitrogens with two attached hydrogens (primary N) is 1. The Bertz CT molecular complexity index is 647. The molecular weight excluding hydrogens is 326 g/mol. The van der Waals surface area contributed by atoms with Gasteiger partial charge in [-0.2, -0.15) is 5.10 Å².